The van der Waals surface area contributed by atoms with E-state index in [1.165, 1.54) is 0 Å². The monoisotopic (exact) mass is 691 g/mol. The second-order valence-electron chi connectivity index (χ2n) is 13.6. The predicted octanol–water partition coefficient (Wildman–Crippen LogP) is 13.2. The number of nitrogens with zero attached hydrogens (tertiary/aromatic N) is 3. The van der Waals surface area contributed by atoms with Crippen LogP contribution in [0.15, 0.2) is 185 Å². The molecular weight excluding hydrogens is 663 g/mol. The van der Waals surface area contributed by atoms with Gasteiger partial charge >= 0.3 is 0 Å². The van der Waals surface area contributed by atoms with Crippen molar-refractivity contribution in [2.24, 2.45) is 0 Å². The molecule has 0 spiro atoms. The lowest BCUT2D eigenvalue weighted by Crippen LogP contribution is -2.00. The van der Waals surface area contributed by atoms with Gasteiger partial charge in [-0.15, -0.1) is 0 Å². The second-order valence-corrected chi connectivity index (χ2v) is 13.6. The van der Waals surface area contributed by atoms with Gasteiger partial charge < -0.3 is 8.83 Å². The van der Waals surface area contributed by atoms with Gasteiger partial charge in [0.1, 0.15) is 22.3 Å². The molecule has 252 valence electrons. The van der Waals surface area contributed by atoms with Gasteiger partial charge in [-0.25, -0.2) is 15.0 Å². The first kappa shape index (κ1) is 30.3. The molecule has 54 heavy (non-hydrogen) atoms. The molecule has 11 aromatic rings. The van der Waals surface area contributed by atoms with Gasteiger partial charge in [-0.05, 0) is 70.1 Å². The van der Waals surface area contributed by atoms with Crippen molar-refractivity contribution in [2.45, 2.75) is 0 Å². The molecular formula is C49H29N3O2. The minimum atomic E-state index is 0.590. The van der Waals surface area contributed by atoms with E-state index in [0.29, 0.717) is 17.5 Å². The first-order valence-corrected chi connectivity index (χ1v) is 18.0. The standard InChI is InChI=1S/C49H29N3O2/c1-2-10-30(11-3-1)31-20-22-33(23-21-31)47-50-48(35-14-8-13-34(28-35)37-17-9-19-44-45(37)40-16-6-7-18-42(40)53-44)52-49(51-47)36-25-27-43-41(29-36)39-26-24-32-12-4-5-15-38(32)46(39)54-43/h1-29H. The van der Waals surface area contributed by atoms with Gasteiger partial charge in [0.15, 0.2) is 17.5 Å². The largest absolute Gasteiger partial charge is 0.456 e. The van der Waals surface area contributed by atoms with Crippen LogP contribution in [0.4, 0.5) is 0 Å². The Bertz CT molecular complexity index is 3210. The fourth-order valence-corrected chi connectivity index (χ4v) is 7.69. The minimum absolute atomic E-state index is 0.590. The van der Waals surface area contributed by atoms with E-state index < -0.39 is 0 Å². The molecule has 0 unspecified atom stereocenters. The molecule has 11 rings (SSSR count). The topological polar surface area (TPSA) is 65.0 Å². The van der Waals surface area contributed by atoms with Crippen molar-refractivity contribution < 1.29 is 8.83 Å². The zero-order valence-electron chi connectivity index (χ0n) is 28.9. The van der Waals surface area contributed by atoms with Gasteiger partial charge in [-0.3, -0.25) is 0 Å². The summed E-state index contributed by atoms with van der Waals surface area (Å²) in [4.78, 5) is 15.4. The lowest BCUT2D eigenvalue weighted by atomic mass is 9.98. The number of benzene rings is 8. The third-order valence-electron chi connectivity index (χ3n) is 10.3. The molecule has 3 heterocycles. The summed E-state index contributed by atoms with van der Waals surface area (Å²) in [6, 6.07) is 60.4. The average molecular weight is 692 g/mol. The Labute approximate surface area is 309 Å². The van der Waals surface area contributed by atoms with Crippen LogP contribution in [-0.4, -0.2) is 15.0 Å². The highest BCUT2D eigenvalue weighted by molar-refractivity contribution is 6.15. The molecule has 0 aliphatic carbocycles. The summed E-state index contributed by atoms with van der Waals surface area (Å²) in [6.45, 7) is 0. The molecule has 0 amide bonds. The lowest BCUT2D eigenvalue weighted by molar-refractivity contribution is 0.669. The van der Waals surface area contributed by atoms with Gasteiger partial charge in [0.05, 0.1) is 0 Å². The SMILES string of the molecule is c1ccc(-c2ccc(-c3nc(-c4cccc(-c5cccc6oc7ccccc7c56)c4)nc(-c4ccc5oc6c7ccccc7ccc6c5c4)n3)cc2)cc1. The van der Waals surface area contributed by atoms with Crippen molar-refractivity contribution in [3.8, 4) is 56.4 Å². The highest BCUT2D eigenvalue weighted by Crippen LogP contribution is 2.39. The second kappa shape index (κ2) is 12.1. The van der Waals surface area contributed by atoms with Crippen molar-refractivity contribution in [1.82, 2.24) is 15.0 Å². The van der Waals surface area contributed by atoms with Crippen LogP contribution in [0.25, 0.3) is 111 Å². The van der Waals surface area contributed by atoms with Gasteiger partial charge in [0, 0.05) is 43.6 Å². The molecule has 0 bridgehead atoms. The number of hydrogen-bond donors (Lipinski definition) is 0. The van der Waals surface area contributed by atoms with E-state index in [4.69, 9.17) is 23.8 Å². The van der Waals surface area contributed by atoms with E-state index >= 15 is 0 Å². The fraction of sp³-hybridized carbons (Fsp3) is 0. The van der Waals surface area contributed by atoms with Gasteiger partial charge in [-0.2, -0.15) is 0 Å². The van der Waals surface area contributed by atoms with Crippen LogP contribution >= 0.6 is 0 Å². The lowest BCUT2D eigenvalue weighted by Gasteiger charge is -2.11. The summed E-state index contributed by atoms with van der Waals surface area (Å²) in [5.74, 6) is 1.79. The zero-order valence-corrected chi connectivity index (χ0v) is 28.9. The summed E-state index contributed by atoms with van der Waals surface area (Å²) in [7, 11) is 0. The predicted molar refractivity (Wildman–Crippen MR) is 219 cm³/mol. The van der Waals surface area contributed by atoms with E-state index in [1.807, 2.05) is 48.5 Å². The van der Waals surface area contributed by atoms with E-state index in [-0.39, 0.29) is 0 Å². The zero-order chi connectivity index (χ0) is 35.6. The Kier molecular flexibility index (Phi) is 6.79. The van der Waals surface area contributed by atoms with Crippen molar-refractivity contribution in [1.29, 1.82) is 0 Å². The maximum atomic E-state index is 6.44. The Hall–Kier alpha value is -7.37. The van der Waals surface area contributed by atoms with E-state index in [9.17, 15) is 0 Å². The van der Waals surface area contributed by atoms with Crippen LogP contribution in [0.5, 0.6) is 0 Å². The maximum Gasteiger partial charge on any atom is 0.164 e. The van der Waals surface area contributed by atoms with Crippen LogP contribution in [0.3, 0.4) is 0 Å². The number of aromatic nitrogens is 3. The van der Waals surface area contributed by atoms with Crippen molar-refractivity contribution in [3.63, 3.8) is 0 Å². The molecule has 0 saturated carbocycles. The summed E-state index contributed by atoms with van der Waals surface area (Å²) >= 11 is 0. The number of rotatable bonds is 5. The number of furan rings is 2. The molecule has 5 nitrogen and oxygen atoms in total. The fourth-order valence-electron chi connectivity index (χ4n) is 7.69. The van der Waals surface area contributed by atoms with Crippen LogP contribution in [0.1, 0.15) is 0 Å². The summed E-state index contributed by atoms with van der Waals surface area (Å²) in [5.41, 5.74) is 10.6. The smallest absolute Gasteiger partial charge is 0.164 e. The molecule has 0 aliphatic heterocycles. The van der Waals surface area contributed by atoms with Crippen LogP contribution in [0.2, 0.25) is 0 Å². The normalized spacial score (nSPS) is 11.7. The molecule has 0 aliphatic rings. The summed E-state index contributed by atoms with van der Waals surface area (Å²) in [5, 5.41) is 6.50. The number of para-hydroxylation sites is 1. The number of fused-ring (bicyclic) bond motifs is 8. The van der Waals surface area contributed by atoms with Gasteiger partial charge in [0.25, 0.3) is 0 Å². The highest BCUT2D eigenvalue weighted by Gasteiger charge is 2.18. The molecule has 0 atom stereocenters. The Balaban J connectivity index is 1.08. The van der Waals surface area contributed by atoms with Crippen LogP contribution < -0.4 is 0 Å². The molecule has 0 N–H and O–H groups in total. The van der Waals surface area contributed by atoms with Crippen molar-refractivity contribution in [3.05, 3.63) is 176 Å². The molecule has 8 aromatic carbocycles. The van der Waals surface area contributed by atoms with E-state index in [2.05, 4.69) is 127 Å². The number of hydrogen-bond acceptors (Lipinski definition) is 5. The molecule has 0 saturated heterocycles. The molecule has 5 heteroatoms. The first-order valence-electron chi connectivity index (χ1n) is 18.0. The first-order chi connectivity index (χ1) is 26.7. The van der Waals surface area contributed by atoms with Gasteiger partial charge in [0.2, 0.25) is 0 Å². The molecule has 0 fully saturated rings. The van der Waals surface area contributed by atoms with Crippen molar-refractivity contribution >= 4 is 54.6 Å². The Morgan fingerprint density at radius 2 is 0.907 bits per heavy atom. The van der Waals surface area contributed by atoms with E-state index in [0.717, 1.165) is 93.6 Å². The molecule has 3 aromatic heterocycles. The van der Waals surface area contributed by atoms with Gasteiger partial charge in [-0.1, -0.05) is 133 Å². The van der Waals surface area contributed by atoms with Crippen LogP contribution in [-0.2, 0) is 0 Å². The maximum absolute atomic E-state index is 6.44. The summed E-state index contributed by atoms with van der Waals surface area (Å²) in [6.07, 6.45) is 0. The van der Waals surface area contributed by atoms with E-state index in [1.54, 1.807) is 0 Å². The van der Waals surface area contributed by atoms with Crippen LogP contribution in [0, 0.1) is 0 Å². The molecule has 0 radical (unpaired) electrons. The Morgan fingerprint density at radius 1 is 0.315 bits per heavy atom. The Morgan fingerprint density at radius 3 is 1.76 bits per heavy atom. The summed E-state index contributed by atoms with van der Waals surface area (Å²) < 4.78 is 12.7. The average Bonchev–Trinajstić information content (AvgIpc) is 3.82. The minimum Gasteiger partial charge on any atom is -0.456 e. The quantitative estimate of drug-likeness (QED) is 0.180. The third kappa shape index (κ3) is 4.98. The third-order valence-corrected chi connectivity index (χ3v) is 10.3. The van der Waals surface area contributed by atoms with Crippen molar-refractivity contribution in [2.75, 3.05) is 0 Å². The highest BCUT2D eigenvalue weighted by atomic mass is 16.3.